The van der Waals surface area contributed by atoms with Gasteiger partial charge in [0.05, 0.1) is 12.8 Å². The molecule has 0 N–H and O–H groups in total. The standard InChI is InChI=1S/C9H15N3O2/c1-6(2)8(9(13)14-4)7-5-12(3)11-10-7/h5-6,8H,1-4H3. The molecule has 5 heteroatoms. The molecule has 5 nitrogen and oxygen atoms in total. The number of aryl methyl sites for hydroxylation is 1. The van der Waals surface area contributed by atoms with E-state index in [4.69, 9.17) is 4.74 Å². The van der Waals surface area contributed by atoms with Crippen molar-refractivity contribution in [2.45, 2.75) is 19.8 Å². The second-order valence-electron chi connectivity index (χ2n) is 3.56. The van der Waals surface area contributed by atoms with E-state index in [1.807, 2.05) is 13.8 Å². The van der Waals surface area contributed by atoms with Gasteiger partial charge in [-0.2, -0.15) is 0 Å². The lowest BCUT2D eigenvalue weighted by Crippen LogP contribution is -2.20. The Morgan fingerprint density at radius 3 is 2.57 bits per heavy atom. The molecule has 0 fully saturated rings. The molecule has 0 aliphatic heterocycles. The average Bonchev–Trinajstić information content (AvgIpc) is 2.51. The maximum atomic E-state index is 11.5. The fourth-order valence-electron chi connectivity index (χ4n) is 1.37. The fraction of sp³-hybridized carbons (Fsp3) is 0.667. The van der Waals surface area contributed by atoms with Gasteiger partial charge >= 0.3 is 5.97 Å². The van der Waals surface area contributed by atoms with E-state index in [1.54, 1.807) is 17.9 Å². The predicted octanol–water partition coefficient (Wildman–Crippen LogP) is 0.728. The molecular weight excluding hydrogens is 182 g/mol. The third kappa shape index (κ3) is 2.10. The summed E-state index contributed by atoms with van der Waals surface area (Å²) < 4.78 is 6.30. The van der Waals surface area contributed by atoms with Crippen LogP contribution in [0.1, 0.15) is 25.5 Å². The number of methoxy groups -OCH3 is 1. The molecule has 1 heterocycles. The van der Waals surface area contributed by atoms with Crippen LogP contribution in [0, 0.1) is 5.92 Å². The number of hydrogen-bond acceptors (Lipinski definition) is 4. The Morgan fingerprint density at radius 1 is 1.57 bits per heavy atom. The summed E-state index contributed by atoms with van der Waals surface area (Å²) in [6.07, 6.45) is 1.74. The lowest BCUT2D eigenvalue weighted by atomic mass is 9.93. The lowest BCUT2D eigenvalue weighted by Gasteiger charge is -2.14. The Bertz CT molecular complexity index is 320. The molecule has 0 amide bonds. The number of hydrogen-bond donors (Lipinski definition) is 0. The minimum atomic E-state index is -0.325. The zero-order valence-corrected chi connectivity index (χ0v) is 8.89. The molecule has 0 saturated carbocycles. The predicted molar refractivity (Wildman–Crippen MR) is 50.6 cm³/mol. The van der Waals surface area contributed by atoms with E-state index in [0.717, 1.165) is 0 Å². The van der Waals surface area contributed by atoms with Crippen LogP contribution in [0.5, 0.6) is 0 Å². The van der Waals surface area contributed by atoms with Gasteiger partial charge in [0.15, 0.2) is 0 Å². The van der Waals surface area contributed by atoms with Crippen molar-refractivity contribution in [3.63, 3.8) is 0 Å². The van der Waals surface area contributed by atoms with Gasteiger partial charge in [0, 0.05) is 13.2 Å². The van der Waals surface area contributed by atoms with Gasteiger partial charge in [-0.05, 0) is 5.92 Å². The van der Waals surface area contributed by atoms with Gasteiger partial charge in [0.1, 0.15) is 5.92 Å². The number of carbonyl (C=O) groups is 1. The summed E-state index contributed by atoms with van der Waals surface area (Å²) in [5, 5.41) is 7.71. The molecule has 14 heavy (non-hydrogen) atoms. The Labute approximate surface area is 83.1 Å². The van der Waals surface area contributed by atoms with Gasteiger partial charge in [-0.15, -0.1) is 5.10 Å². The van der Waals surface area contributed by atoms with Crippen LogP contribution in [0.3, 0.4) is 0 Å². The molecule has 0 aromatic carbocycles. The Balaban J connectivity index is 2.94. The van der Waals surface area contributed by atoms with Crippen molar-refractivity contribution >= 4 is 5.97 Å². The number of nitrogens with zero attached hydrogens (tertiary/aromatic N) is 3. The van der Waals surface area contributed by atoms with Crippen LogP contribution in [-0.2, 0) is 16.6 Å². The van der Waals surface area contributed by atoms with Gasteiger partial charge in [-0.3, -0.25) is 9.48 Å². The molecule has 1 unspecified atom stereocenters. The first-order valence-corrected chi connectivity index (χ1v) is 4.50. The molecule has 0 saturated heterocycles. The molecule has 1 atom stereocenters. The maximum absolute atomic E-state index is 11.5. The summed E-state index contributed by atoms with van der Waals surface area (Å²) in [6.45, 7) is 3.91. The van der Waals surface area contributed by atoms with Crippen LogP contribution in [0.4, 0.5) is 0 Å². The van der Waals surface area contributed by atoms with Crippen LogP contribution >= 0.6 is 0 Å². The third-order valence-corrected chi connectivity index (χ3v) is 2.06. The zero-order chi connectivity index (χ0) is 10.7. The van der Waals surface area contributed by atoms with Crippen molar-refractivity contribution in [3.8, 4) is 0 Å². The van der Waals surface area contributed by atoms with E-state index in [9.17, 15) is 4.79 Å². The molecule has 0 aliphatic carbocycles. The van der Waals surface area contributed by atoms with Crippen molar-refractivity contribution in [1.29, 1.82) is 0 Å². The summed E-state index contributed by atoms with van der Waals surface area (Å²) in [5.74, 6) is -0.437. The van der Waals surface area contributed by atoms with Gasteiger partial charge in [0.25, 0.3) is 0 Å². The van der Waals surface area contributed by atoms with Gasteiger partial charge < -0.3 is 4.74 Å². The monoisotopic (exact) mass is 197 g/mol. The average molecular weight is 197 g/mol. The van der Waals surface area contributed by atoms with Crippen LogP contribution in [0.2, 0.25) is 0 Å². The lowest BCUT2D eigenvalue weighted by molar-refractivity contribution is -0.143. The number of aromatic nitrogens is 3. The van der Waals surface area contributed by atoms with E-state index < -0.39 is 0 Å². The van der Waals surface area contributed by atoms with Crippen LogP contribution in [0.15, 0.2) is 6.20 Å². The molecule has 0 bridgehead atoms. The Kier molecular flexibility index (Phi) is 3.22. The highest BCUT2D eigenvalue weighted by atomic mass is 16.5. The summed E-state index contributed by atoms with van der Waals surface area (Å²) in [5.41, 5.74) is 0.661. The fourth-order valence-corrected chi connectivity index (χ4v) is 1.37. The maximum Gasteiger partial charge on any atom is 0.315 e. The number of carbonyl (C=O) groups excluding carboxylic acids is 1. The topological polar surface area (TPSA) is 57.0 Å². The first kappa shape index (κ1) is 10.7. The first-order chi connectivity index (χ1) is 6.56. The Morgan fingerprint density at radius 2 is 2.21 bits per heavy atom. The molecule has 0 aliphatic rings. The highest BCUT2D eigenvalue weighted by Gasteiger charge is 2.27. The largest absolute Gasteiger partial charge is 0.468 e. The van der Waals surface area contributed by atoms with Gasteiger partial charge in [-0.25, -0.2) is 0 Å². The minimum absolute atomic E-state index is 0.152. The number of esters is 1. The summed E-state index contributed by atoms with van der Waals surface area (Å²) in [6, 6.07) is 0. The van der Waals surface area contributed by atoms with E-state index in [1.165, 1.54) is 7.11 Å². The normalized spacial score (nSPS) is 12.9. The first-order valence-electron chi connectivity index (χ1n) is 4.50. The molecule has 1 rings (SSSR count). The minimum Gasteiger partial charge on any atom is -0.468 e. The van der Waals surface area contributed by atoms with E-state index >= 15 is 0 Å². The molecule has 0 radical (unpaired) electrons. The summed E-state index contributed by atoms with van der Waals surface area (Å²) in [7, 11) is 3.15. The molecular formula is C9H15N3O2. The van der Waals surface area contributed by atoms with E-state index in [-0.39, 0.29) is 17.8 Å². The van der Waals surface area contributed by atoms with Crippen LogP contribution in [0.25, 0.3) is 0 Å². The van der Waals surface area contributed by atoms with Gasteiger partial charge in [0.2, 0.25) is 0 Å². The highest BCUT2D eigenvalue weighted by Crippen LogP contribution is 2.23. The smallest absolute Gasteiger partial charge is 0.315 e. The zero-order valence-electron chi connectivity index (χ0n) is 8.89. The second kappa shape index (κ2) is 4.21. The second-order valence-corrected chi connectivity index (χ2v) is 3.56. The molecule has 0 spiro atoms. The van der Waals surface area contributed by atoms with Crippen molar-refractivity contribution < 1.29 is 9.53 Å². The summed E-state index contributed by atoms with van der Waals surface area (Å²) in [4.78, 5) is 11.5. The van der Waals surface area contributed by atoms with Gasteiger partial charge in [-0.1, -0.05) is 19.1 Å². The molecule has 1 aromatic heterocycles. The number of ether oxygens (including phenoxy) is 1. The number of rotatable bonds is 3. The molecule has 1 aromatic rings. The van der Waals surface area contributed by atoms with Crippen molar-refractivity contribution in [3.05, 3.63) is 11.9 Å². The molecule has 78 valence electrons. The van der Waals surface area contributed by atoms with E-state index in [0.29, 0.717) is 5.69 Å². The van der Waals surface area contributed by atoms with Crippen LogP contribution < -0.4 is 0 Å². The third-order valence-electron chi connectivity index (χ3n) is 2.06. The van der Waals surface area contributed by atoms with E-state index in [2.05, 4.69) is 10.3 Å². The van der Waals surface area contributed by atoms with Crippen molar-refractivity contribution in [1.82, 2.24) is 15.0 Å². The summed E-state index contributed by atoms with van der Waals surface area (Å²) >= 11 is 0. The van der Waals surface area contributed by atoms with Crippen molar-refractivity contribution in [2.24, 2.45) is 13.0 Å². The SMILES string of the molecule is COC(=O)C(c1cn(C)nn1)C(C)C. The highest BCUT2D eigenvalue weighted by molar-refractivity contribution is 5.77. The van der Waals surface area contributed by atoms with Crippen molar-refractivity contribution in [2.75, 3.05) is 7.11 Å². The Hall–Kier alpha value is -1.39. The van der Waals surface area contributed by atoms with Crippen LogP contribution in [-0.4, -0.2) is 28.1 Å². The quantitative estimate of drug-likeness (QED) is 0.670.